The smallest absolute Gasteiger partial charge is 0.326 e. The lowest BCUT2D eigenvalue weighted by Gasteiger charge is -2.29. The van der Waals surface area contributed by atoms with Crippen LogP contribution in [0.5, 0.6) is 0 Å². The van der Waals surface area contributed by atoms with Crippen molar-refractivity contribution in [2.45, 2.75) is 148 Å². The van der Waals surface area contributed by atoms with Crippen molar-refractivity contribution in [3.8, 4) is 0 Å². The lowest BCUT2D eigenvalue weighted by Crippen LogP contribution is -2.61. The molecule has 13 N–H and O–H groups in total. The molecular formula is C48H68N8O15. The Morgan fingerprint density at radius 2 is 1.00 bits per heavy atom. The number of nitrogens with two attached hydrogens (primary N) is 1. The van der Waals surface area contributed by atoms with Crippen LogP contribution in [-0.2, 0) is 65.6 Å². The summed E-state index contributed by atoms with van der Waals surface area (Å²) in [5, 5.41) is 54.9. The number of aliphatic carboxylic acids is 4. The first-order valence-corrected chi connectivity index (χ1v) is 23.0. The molecular weight excluding hydrogens is 929 g/mol. The van der Waals surface area contributed by atoms with Gasteiger partial charge in [-0.05, 0) is 74.1 Å². The zero-order valence-electron chi connectivity index (χ0n) is 40.9. The maximum absolute atomic E-state index is 14.2. The largest absolute Gasteiger partial charge is 0.481 e. The molecule has 0 aliphatic carbocycles. The van der Waals surface area contributed by atoms with Gasteiger partial charge in [0.1, 0.15) is 42.3 Å². The first-order valence-electron chi connectivity index (χ1n) is 23.0. The van der Waals surface area contributed by atoms with Gasteiger partial charge in [-0.3, -0.25) is 47.9 Å². The van der Waals surface area contributed by atoms with E-state index in [0.717, 1.165) is 18.1 Å². The number of nitrogens with one attached hydrogen (secondary N) is 7. The van der Waals surface area contributed by atoms with Gasteiger partial charge in [-0.15, -0.1) is 0 Å². The molecule has 23 heteroatoms. The first-order chi connectivity index (χ1) is 33.2. The summed E-state index contributed by atoms with van der Waals surface area (Å²) in [7, 11) is 0. The highest BCUT2D eigenvalue weighted by molar-refractivity contribution is 5.98. The van der Waals surface area contributed by atoms with E-state index < -0.39 is 145 Å². The normalized spacial score (nSPS) is 14.5. The SMILES string of the molecule is Cc1ccc(C[C@H](NC(=O)[C@H](CC(C)C)NC(=O)[C@@H](NC(=O)[C@@H](N)CCC(=O)O)C(C)C)C(=O)N[C@@H](CC(=O)O)C(=O)N[C@@H](C)C(=O)N[C@@H](CCC(=O)O)C(=O)N[C@@H](Cc2ccccc2)C(=O)O)cc1C. The minimum absolute atomic E-state index is 0.0308. The fourth-order valence-corrected chi connectivity index (χ4v) is 7.01. The van der Waals surface area contributed by atoms with Gasteiger partial charge in [-0.25, -0.2) is 4.79 Å². The summed E-state index contributed by atoms with van der Waals surface area (Å²) in [5.74, 6) is -13.0. The Labute approximate surface area is 411 Å². The number of amides is 7. The van der Waals surface area contributed by atoms with E-state index in [1.165, 1.54) is 0 Å². The highest BCUT2D eigenvalue weighted by Gasteiger charge is 2.35. The van der Waals surface area contributed by atoms with Crippen molar-refractivity contribution in [3.63, 3.8) is 0 Å². The van der Waals surface area contributed by atoms with Crippen LogP contribution in [-0.4, -0.2) is 134 Å². The van der Waals surface area contributed by atoms with Gasteiger partial charge in [0.05, 0.1) is 12.5 Å². The van der Waals surface area contributed by atoms with E-state index >= 15 is 0 Å². The van der Waals surface area contributed by atoms with Crippen molar-refractivity contribution in [3.05, 3.63) is 70.8 Å². The van der Waals surface area contributed by atoms with Crippen LogP contribution in [0.1, 0.15) is 95.4 Å². The van der Waals surface area contributed by atoms with Crippen LogP contribution >= 0.6 is 0 Å². The number of carboxylic acids is 4. The minimum Gasteiger partial charge on any atom is -0.481 e. The Balaban J connectivity index is 2.39. The molecule has 8 atom stereocenters. The molecule has 0 spiro atoms. The van der Waals surface area contributed by atoms with Crippen molar-refractivity contribution in [2.75, 3.05) is 0 Å². The van der Waals surface area contributed by atoms with Crippen LogP contribution < -0.4 is 43.0 Å². The summed E-state index contributed by atoms with van der Waals surface area (Å²) < 4.78 is 0. The summed E-state index contributed by atoms with van der Waals surface area (Å²) >= 11 is 0. The third-order valence-corrected chi connectivity index (χ3v) is 11.2. The van der Waals surface area contributed by atoms with Crippen LogP contribution in [0.15, 0.2) is 48.5 Å². The van der Waals surface area contributed by atoms with Gasteiger partial charge in [0.25, 0.3) is 0 Å². The lowest BCUT2D eigenvalue weighted by atomic mass is 9.97. The van der Waals surface area contributed by atoms with Gasteiger partial charge >= 0.3 is 23.9 Å². The van der Waals surface area contributed by atoms with Crippen molar-refractivity contribution < 1.29 is 73.2 Å². The van der Waals surface area contributed by atoms with Gasteiger partial charge in [-0.1, -0.05) is 76.2 Å². The quantitative estimate of drug-likeness (QED) is 0.0483. The molecule has 0 radical (unpaired) electrons. The maximum Gasteiger partial charge on any atom is 0.326 e. The van der Waals surface area contributed by atoms with Crippen LogP contribution in [0.25, 0.3) is 0 Å². The molecule has 0 aromatic heterocycles. The zero-order chi connectivity index (χ0) is 53.7. The predicted molar refractivity (Wildman–Crippen MR) is 255 cm³/mol. The third-order valence-electron chi connectivity index (χ3n) is 11.2. The number of hydrogen-bond acceptors (Lipinski definition) is 12. The highest BCUT2D eigenvalue weighted by atomic mass is 16.4. The number of rotatable bonds is 30. The molecule has 0 aliphatic heterocycles. The van der Waals surface area contributed by atoms with Gasteiger partial charge in [0, 0.05) is 25.7 Å². The average molecular weight is 997 g/mol. The summed E-state index contributed by atoms with van der Waals surface area (Å²) in [5.41, 5.74) is 8.70. The second-order valence-electron chi connectivity index (χ2n) is 18.1. The summed E-state index contributed by atoms with van der Waals surface area (Å²) in [6.45, 7) is 11.6. The maximum atomic E-state index is 14.2. The molecule has 71 heavy (non-hydrogen) atoms. The van der Waals surface area contributed by atoms with Gasteiger partial charge in [-0.2, -0.15) is 0 Å². The molecule has 2 aromatic rings. The molecule has 7 amide bonds. The molecule has 23 nitrogen and oxygen atoms in total. The van der Waals surface area contributed by atoms with E-state index in [1.54, 1.807) is 76.2 Å². The summed E-state index contributed by atoms with van der Waals surface area (Å²) in [6.07, 6.45) is -3.06. The molecule has 0 aliphatic rings. The van der Waals surface area contributed by atoms with Crippen LogP contribution in [0.4, 0.5) is 0 Å². The van der Waals surface area contributed by atoms with Crippen molar-refractivity contribution in [1.82, 2.24) is 37.2 Å². The number of carbonyl (C=O) groups excluding carboxylic acids is 7. The second-order valence-corrected chi connectivity index (χ2v) is 18.1. The monoisotopic (exact) mass is 996 g/mol. The topological polar surface area (TPSA) is 379 Å². The number of carboxylic acid groups (broad SMARTS) is 4. The van der Waals surface area contributed by atoms with Gasteiger partial charge in [0.2, 0.25) is 41.4 Å². The third kappa shape index (κ3) is 21.4. The Bertz CT molecular complexity index is 2240. The van der Waals surface area contributed by atoms with Crippen LogP contribution in [0, 0.1) is 25.7 Å². The number of benzene rings is 2. The fourth-order valence-electron chi connectivity index (χ4n) is 7.01. The van der Waals surface area contributed by atoms with E-state index in [4.69, 9.17) is 10.8 Å². The Hall–Kier alpha value is -7.43. The van der Waals surface area contributed by atoms with E-state index in [1.807, 2.05) is 13.8 Å². The molecule has 0 fully saturated rings. The van der Waals surface area contributed by atoms with Gasteiger partial charge in [0.15, 0.2) is 0 Å². The van der Waals surface area contributed by atoms with E-state index in [-0.39, 0.29) is 31.6 Å². The van der Waals surface area contributed by atoms with Crippen molar-refractivity contribution in [2.24, 2.45) is 17.6 Å². The van der Waals surface area contributed by atoms with E-state index in [9.17, 15) is 68.1 Å². The highest BCUT2D eigenvalue weighted by Crippen LogP contribution is 2.15. The second kappa shape index (κ2) is 28.9. The van der Waals surface area contributed by atoms with Crippen molar-refractivity contribution >= 4 is 65.2 Å². The fraction of sp³-hybridized carbons (Fsp3) is 0.521. The van der Waals surface area contributed by atoms with Crippen molar-refractivity contribution in [1.29, 1.82) is 0 Å². The average Bonchev–Trinajstić information content (AvgIpc) is 3.28. The molecule has 0 saturated heterocycles. The molecule has 0 unspecified atom stereocenters. The number of aryl methyl sites for hydroxylation is 2. The molecule has 0 bridgehead atoms. The lowest BCUT2D eigenvalue weighted by molar-refractivity contribution is -0.143. The minimum atomic E-state index is -1.88. The van der Waals surface area contributed by atoms with Crippen LogP contribution in [0.3, 0.4) is 0 Å². The molecule has 0 heterocycles. The Morgan fingerprint density at radius 1 is 0.493 bits per heavy atom. The predicted octanol–water partition coefficient (Wildman–Crippen LogP) is -0.180. The van der Waals surface area contributed by atoms with E-state index in [0.29, 0.717) is 11.1 Å². The van der Waals surface area contributed by atoms with Crippen LogP contribution in [0.2, 0.25) is 0 Å². The molecule has 2 rings (SSSR count). The Morgan fingerprint density at radius 3 is 1.55 bits per heavy atom. The molecule has 390 valence electrons. The first kappa shape index (κ1) is 59.7. The molecule has 2 aromatic carbocycles. The standard InChI is InChI=1S/C48H68N8O15/c1-24(2)19-33(54-47(69)40(25(3)4)56-42(64)31(49)15-17-37(57)58)45(67)52-34(22-30-14-13-26(5)27(6)20-30)46(68)53-35(23-39(61)62)44(66)50-28(7)41(63)51-32(16-18-38(59)60)43(65)55-36(48(70)71)21-29-11-9-8-10-12-29/h8-14,20,24-25,28,31-36,40H,15-19,21-23,49H2,1-7H3,(H,50,66)(H,51,63)(H,52,67)(H,53,68)(H,54,69)(H,55,65)(H,56,64)(H,57,58)(H,59,60)(H,61,62)(H,70,71)/t28-,31-,32-,33-,34-,35-,36-,40-/m0/s1. The zero-order valence-corrected chi connectivity index (χ0v) is 40.9. The molecule has 0 saturated carbocycles. The number of hydrogen-bond donors (Lipinski definition) is 12. The number of carbonyl (C=O) groups is 11. The van der Waals surface area contributed by atoms with E-state index in [2.05, 4.69) is 37.2 Å². The Kier molecular flexibility index (Phi) is 24.3. The van der Waals surface area contributed by atoms with Gasteiger partial charge < -0.3 is 63.4 Å². The summed E-state index contributed by atoms with van der Waals surface area (Å²) in [6, 6.07) is 1.69. The summed E-state index contributed by atoms with van der Waals surface area (Å²) in [4.78, 5) is 142.